The summed E-state index contributed by atoms with van der Waals surface area (Å²) >= 11 is 1.27. The molecule has 0 fully saturated rings. The van der Waals surface area contributed by atoms with Gasteiger partial charge in [0.05, 0.1) is 23.6 Å². The maximum absolute atomic E-state index is 13.3. The molecule has 10 heteroatoms. The fourth-order valence-electron chi connectivity index (χ4n) is 4.12. The first-order valence-electron chi connectivity index (χ1n) is 11.5. The molecule has 0 saturated carbocycles. The molecule has 2 aromatic carbocycles. The van der Waals surface area contributed by atoms with Crippen molar-refractivity contribution in [2.45, 2.75) is 33.1 Å². The van der Waals surface area contributed by atoms with E-state index < -0.39 is 18.6 Å². The Balaban J connectivity index is 1.62. The molecule has 0 aliphatic rings. The number of methoxy groups -OCH3 is 1. The highest BCUT2D eigenvalue weighted by Crippen LogP contribution is 2.37. The molecule has 1 amide bonds. The van der Waals surface area contributed by atoms with Gasteiger partial charge < -0.3 is 25.6 Å². The average molecular weight is 522 g/mol. The first-order chi connectivity index (χ1) is 17.7. The second-order valence-electron chi connectivity index (χ2n) is 8.55. The first kappa shape index (κ1) is 26.4. The SMILES string of the molecule is COCc1ccc(C(C)=O)c2sc(C(=O)Nc3ccc4c(COC(=O)[C@@H](N)CO)cccc4n3)c(C)c12. The molecular weight excluding hydrogens is 494 g/mol. The Bertz CT molecular complexity index is 1510. The molecule has 4 aromatic rings. The van der Waals surface area contributed by atoms with Crippen LogP contribution in [0.2, 0.25) is 0 Å². The van der Waals surface area contributed by atoms with Gasteiger partial charge in [0.2, 0.25) is 0 Å². The zero-order chi connectivity index (χ0) is 26.7. The summed E-state index contributed by atoms with van der Waals surface area (Å²) in [4.78, 5) is 42.3. The van der Waals surface area contributed by atoms with Crippen LogP contribution in [0.15, 0.2) is 42.5 Å². The Morgan fingerprint density at radius 2 is 1.89 bits per heavy atom. The van der Waals surface area contributed by atoms with E-state index in [1.165, 1.54) is 18.3 Å². The number of amides is 1. The highest BCUT2D eigenvalue weighted by Gasteiger charge is 2.22. The number of nitrogens with one attached hydrogen (secondary N) is 1. The number of aliphatic hydroxyl groups is 1. The van der Waals surface area contributed by atoms with Gasteiger partial charge in [-0.1, -0.05) is 18.2 Å². The fraction of sp³-hybridized carbons (Fsp3) is 0.259. The lowest BCUT2D eigenvalue weighted by atomic mass is 10.0. The monoisotopic (exact) mass is 521 g/mol. The standard InChI is InChI=1S/C27H27N3O6S/c1-14-23-17(12-35-3)7-8-18(15(2)32)25(23)37-24(14)26(33)30-22-10-9-19-16(5-4-6-21(19)29-22)13-36-27(34)20(28)11-31/h4-10,20,31H,11-13,28H2,1-3H3,(H,29,30,33)/t20-/m0/s1. The quantitative estimate of drug-likeness (QED) is 0.224. The van der Waals surface area contributed by atoms with E-state index in [1.807, 2.05) is 13.0 Å². The van der Waals surface area contributed by atoms with E-state index in [2.05, 4.69) is 10.3 Å². The number of hydrogen-bond acceptors (Lipinski definition) is 9. The van der Waals surface area contributed by atoms with Gasteiger partial charge in [-0.25, -0.2) is 4.98 Å². The van der Waals surface area contributed by atoms with E-state index in [0.29, 0.717) is 33.9 Å². The van der Waals surface area contributed by atoms with Gasteiger partial charge in [-0.15, -0.1) is 11.3 Å². The Kier molecular flexibility index (Phi) is 7.94. The van der Waals surface area contributed by atoms with E-state index >= 15 is 0 Å². The number of anilines is 1. The third-order valence-corrected chi connectivity index (χ3v) is 7.31. The topological polar surface area (TPSA) is 141 Å². The van der Waals surface area contributed by atoms with Crippen LogP contribution in [0, 0.1) is 6.92 Å². The van der Waals surface area contributed by atoms with Crippen LogP contribution >= 0.6 is 11.3 Å². The van der Waals surface area contributed by atoms with Crippen LogP contribution in [0.5, 0.6) is 0 Å². The van der Waals surface area contributed by atoms with Gasteiger partial charge in [0.15, 0.2) is 5.78 Å². The van der Waals surface area contributed by atoms with Crippen molar-refractivity contribution in [3.05, 3.63) is 69.6 Å². The predicted octanol–water partition coefficient (Wildman–Crippen LogP) is 3.72. The van der Waals surface area contributed by atoms with Gasteiger partial charge >= 0.3 is 5.97 Å². The molecule has 9 nitrogen and oxygen atoms in total. The van der Waals surface area contributed by atoms with Crippen LogP contribution in [0.1, 0.15) is 43.6 Å². The smallest absolute Gasteiger partial charge is 0.325 e. The maximum Gasteiger partial charge on any atom is 0.325 e. The number of rotatable bonds is 9. The van der Waals surface area contributed by atoms with Crippen LogP contribution in [0.4, 0.5) is 5.82 Å². The van der Waals surface area contributed by atoms with E-state index in [9.17, 15) is 14.4 Å². The first-order valence-corrected chi connectivity index (χ1v) is 12.3. The van der Waals surface area contributed by atoms with Crippen LogP contribution in [0.3, 0.4) is 0 Å². The van der Waals surface area contributed by atoms with Crippen molar-refractivity contribution in [2.75, 3.05) is 19.0 Å². The number of aromatic nitrogens is 1. The third-order valence-electron chi connectivity index (χ3n) is 5.98. The summed E-state index contributed by atoms with van der Waals surface area (Å²) in [5, 5.41) is 13.5. The molecule has 0 aliphatic heterocycles. The molecule has 0 radical (unpaired) electrons. The molecule has 0 spiro atoms. The van der Waals surface area contributed by atoms with Crippen molar-refractivity contribution in [2.24, 2.45) is 5.73 Å². The molecule has 37 heavy (non-hydrogen) atoms. The molecule has 0 aliphatic carbocycles. The van der Waals surface area contributed by atoms with Crippen LogP contribution in [0.25, 0.3) is 21.0 Å². The molecule has 192 valence electrons. The summed E-state index contributed by atoms with van der Waals surface area (Å²) < 4.78 is 11.3. The Labute approximate surface area is 217 Å². The van der Waals surface area contributed by atoms with E-state index in [4.69, 9.17) is 20.3 Å². The number of carbonyl (C=O) groups is 3. The van der Waals surface area contributed by atoms with Gasteiger partial charge in [-0.3, -0.25) is 14.4 Å². The minimum Gasteiger partial charge on any atom is -0.460 e. The zero-order valence-corrected chi connectivity index (χ0v) is 21.5. The number of thiophene rings is 1. The summed E-state index contributed by atoms with van der Waals surface area (Å²) in [5.41, 5.74) is 9.06. The van der Waals surface area contributed by atoms with Crippen LogP contribution in [-0.2, 0) is 27.5 Å². The van der Waals surface area contributed by atoms with E-state index in [0.717, 1.165) is 26.6 Å². The number of hydrogen-bond donors (Lipinski definition) is 3. The number of ether oxygens (including phenoxy) is 2. The van der Waals surface area contributed by atoms with Crippen molar-refractivity contribution in [1.82, 2.24) is 4.98 Å². The largest absolute Gasteiger partial charge is 0.460 e. The molecule has 0 saturated heterocycles. The second-order valence-corrected chi connectivity index (χ2v) is 9.57. The number of nitrogens with two attached hydrogens (primary N) is 1. The number of benzene rings is 2. The van der Waals surface area contributed by atoms with Crippen molar-refractivity contribution in [1.29, 1.82) is 0 Å². The number of esters is 1. The minimum absolute atomic E-state index is 0.0273. The van der Waals surface area contributed by atoms with E-state index in [-0.39, 0.29) is 18.3 Å². The highest BCUT2D eigenvalue weighted by molar-refractivity contribution is 7.21. The van der Waals surface area contributed by atoms with Crippen molar-refractivity contribution < 1.29 is 29.0 Å². The summed E-state index contributed by atoms with van der Waals surface area (Å²) in [5.74, 6) is -0.740. The molecule has 1 atom stereocenters. The van der Waals surface area contributed by atoms with E-state index in [1.54, 1.807) is 43.5 Å². The molecule has 4 rings (SSSR count). The highest BCUT2D eigenvalue weighted by atomic mass is 32.1. The van der Waals surface area contributed by atoms with Crippen LogP contribution < -0.4 is 11.1 Å². The molecule has 0 unspecified atom stereocenters. The summed E-state index contributed by atoms with van der Waals surface area (Å²) in [6.07, 6.45) is 0. The molecule has 2 heterocycles. The zero-order valence-electron chi connectivity index (χ0n) is 20.7. The summed E-state index contributed by atoms with van der Waals surface area (Å²) in [6, 6.07) is 11.4. The van der Waals surface area contributed by atoms with Gasteiger partial charge in [0, 0.05) is 28.1 Å². The number of Topliss-reactive ketones (excluding diaryl/α,β-unsaturated/α-hetero) is 1. The number of fused-ring (bicyclic) bond motifs is 2. The molecule has 0 bridgehead atoms. The normalized spacial score (nSPS) is 12.0. The van der Waals surface area contributed by atoms with Gasteiger partial charge in [-0.05, 0) is 54.8 Å². The summed E-state index contributed by atoms with van der Waals surface area (Å²) in [7, 11) is 1.60. The fourth-order valence-corrected chi connectivity index (χ4v) is 5.43. The second kappa shape index (κ2) is 11.1. The average Bonchev–Trinajstić information content (AvgIpc) is 3.24. The lowest BCUT2D eigenvalue weighted by Crippen LogP contribution is -2.35. The van der Waals surface area contributed by atoms with Crippen molar-refractivity contribution in [3.8, 4) is 0 Å². The number of aryl methyl sites for hydroxylation is 1. The van der Waals surface area contributed by atoms with Crippen molar-refractivity contribution >= 4 is 55.8 Å². The Morgan fingerprint density at radius 1 is 1.11 bits per heavy atom. The minimum atomic E-state index is -1.09. The van der Waals surface area contributed by atoms with Crippen molar-refractivity contribution in [3.63, 3.8) is 0 Å². The number of carbonyl (C=O) groups excluding carboxylic acids is 3. The third kappa shape index (κ3) is 5.37. The number of aliphatic hydroxyl groups excluding tert-OH is 1. The summed E-state index contributed by atoms with van der Waals surface area (Å²) in [6.45, 7) is 3.21. The van der Waals surface area contributed by atoms with Gasteiger partial charge in [0.1, 0.15) is 18.5 Å². The molecule has 4 N–H and O–H groups in total. The lowest BCUT2D eigenvalue weighted by Gasteiger charge is -2.11. The Morgan fingerprint density at radius 3 is 2.59 bits per heavy atom. The Hall–Kier alpha value is -3.70. The number of nitrogens with zero attached hydrogens (tertiary/aromatic N) is 1. The van der Waals surface area contributed by atoms with Crippen LogP contribution in [-0.4, -0.2) is 47.5 Å². The number of ketones is 1. The molecule has 2 aromatic heterocycles. The predicted molar refractivity (Wildman–Crippen MR) is 142 cm³/mol. The lowest BCUT2D eigenvalue weighted by molar-refractivity contribution is -0.147. The van der Waals surface area contributed by atoms with Gasteiger partial charge in [0.25, 0.3) is 5.91 Å². The maximum atomic E-state index is 13.3. The van der Waals surface area contributed by atoms with Gasteiger partial charge in [-0.2, -0.15) is 0 Å². The molecular formula is C27H27N3O6S. The number of pyridine rings is 1.